The lowest BCUT2D eigenvalue weighted by Gasteiger charge is -2.39. The number of phenolic OH excluding ortho intramolecular Hbond substituents is 3. The average molecular weight is 551 g/mol. The zero-order valence-electron chi connectivity index (χ0n) is 21.0. The van der Waals surface area contributed by atoms with E-state index in [9.17, 15) is 50.8 Å². The maximum atomic E-state index is 13.1. The summed E-state index contributed by atoms with van der Waals surface area (Å²) in [6, 6.07) is 4.59. The largest absolute Gasteiger partial charge is 0.507 e. The molecule has 2 heterocycles. The molecule has 5 unspecified atom stereocenters. The summed E-state index contributed by atoms with van der Waals surface area (Å²) in [5.74, 6) is -3.14. The number of aliphatic hydroxyl groups excluding tert-OH is 4. The Morgan fingerprint density at radius 2 is 1.64 bits per heavy atom. The first kappa shape index (κ1) is 28.4. The third-order valence-electron chi connectivity index (χ3n) is 6.51. The zero-order chi connectivity index (χ0) is 28.8. The molecule has 1 aromatic heterocycles. The number of phenols is 3. The van der Waals surface area contributed by atoms with Crippen LogP contribution in [-0.2, 0) is 11.2 Å². The summed E-state index contributed by atoms with van der Waals surface area (Å²) in [4.78, 5) is 13.1. The standard InChI is InChI=1S/C26H30O13/c1-26(2,36)6-5-11-14(38-25-23(35)21(33)19(31)16(9-27)39-25)8-15-17(18(11)30)20(32)22(34)24(37-15)10-3-4-12(28)13(29)7-10/h3-4,7-8,16,19,21,23,25,27-31,33-36H,5-6,9H2,1-2H3. The molecule has 5 atom stereocenters. The van der Waals surface area contributed by atoms with Crippen LogP contribution in [0.3, 0.4) is 0 Å². The molecule has 1 fully saturated rings. The smallest absolute Gasteiger partial charge is 0.238 e. The SMILES string of the molecule is CC(C)(O)CCc1c(OC2OC(CO)C(O)C(O)C2O)cc2oc(-c3ccc(O)c(O)c3)c(O)c(=O)c2c1O. The molecule has 1 saturated heterocycles. The Hall–Kier alpha value is -3.59. The van der Waals surface area contributed by atoms with Crippen LogP contribution < -0.4 is 10.2 Å². The van der Waals surface area contributed by atoms with Gasteiger partial charge in [0, 0.05) is 17.2 Å². The molecule has 13 heteroatoms. The molecule has 0 radical (unpaired) electrons. The summed E-state index contributed by atoms with van der Waals surface area (Å²) in [6.07, 6.45) is -8.11. The molecular formula is C26H30O13. The molecule has 13 nitrogen and oxygen atoms in total. The molecule has 39 heavy (non-hydrogen) atoms. The summed E-state index contributed by atoms with van der Waals surface area (Å²) >= 11 is 0. The first-order chi connectivity index (χ1) is 18.2. The third kappa shape index (κ3) is 5.45. The van der Waals surface area contributed by atoms with Crippen LogP contribution in [0.1, 0.15) is 25.8 Å². The molecule has 2 aromatic carbocycles. The number of hydrogen-bond donors (Lipinski definition) is 9. The van der Waals surface area contributed by atoms with Crippen molar-refractivity contribution in [1.82, 2.24) is 0 Å². The van der Waals surface area contributed by atoms with Crippen molar-refractivity contribution in [3.63, 3.8) is 0 Å². The van der Waals surface area contributed by atoms with Crippen LogP contribution in [0.5, 0.6) is 28.7 Å². The first-order valence-corrected chi connectivity index (χ1v) is 12.0. The van der Waals surface area contributed by atoms with Crippen LogP contribution in [0.25, 0.3) is 22.3 Å². The molecule has 3 aromatic rings. The number of aliphatic hydroxyl groups is 5. The number of benzene rings is 2. The van der Waals surface area contributed by atoms with Gasteiger partial charge in [-0.1, -0.05) is 0 Å². The maximum absolute atomic E-state index is 13.1. The first-order valence-electron chi connectivity index (χ1n) is 12.0. The highest BCUT2D eigenvalue weighted by Crippen LogP contribution is 2.42. The number of rotatable bonds is 7. The van der Waals surface area contributed by atoms with Gasteiger partial charge < -0.3 is 59.8 Å². The summed E-state index contributed by atoms with van der Waals surface area (Å²) in [5, 5.41) is 91.1. The van der Waals surface area contributed by atoms with Gasteiger partial charge >= 0.3 is 0 Å². The molecular weight excluding hydrogens is 520 g/mol. The molecule has 0 amide bonds. The normalized spacial score (nSPS) is 23.7. The van der Waals surface area contributed by atoms with E-state index in [1.807, 2.05) is 0 Å². The van der Waals surface area contributed by atoms with Crippen molar-refractivity contribution in [1.29, 1.82) is 0 Å². The van der Waals surface area contributed by atoms with Gasteiger partial charge in [0.05, 0.1) is 12.2 Å². The van der Waals surface area contributed by atoms with Gasteiger partial charge in [0.25, 0.3) is 0 Å². The molecule has 0 saturated carbocycles. The van der Waals surface area contributed by atoms with Crippen molar-refractivity contribution in [3.05, 3.63) is 40.1 Å². The van der Waals surface area contributed by atoms with Gasteiger partial charge in [-0.3, -0.25) is 4.79 Å². The minimum Gasteiger partial charge on any atom is -0.507 e. The topological polar surface area (TPSA) is 231 Å². The van der Waals surface area contributed by atoms with Crippen LogP contribution in [0.4, 0.5) is 0 Å². The lowest BCUT2D eigenvalue weighted by molar-refractivity contribution is -0.277. The Balaban J connectivity index is 1.88. The quantitative estimate of drug-likeness (QED) is 0.179. The van der Waals surface area contributed by atoms with E-state index < -0.39 is 82.5 Å². The molecule has 0 aliphatic carbocycles. The fourth-order valence-electron chi connectivity index (χ4n) is 4.27. The van der Waals surface area contributed by atoms with Crippen LogP contribution >= 0.6 is 0 Å². The van der Waals surface area contributed by atoms with Crippen molar-refractivity contribution in [3.8, 4) is 40.1 Å². The van der Waals surface area contributed by atoms with E-state index in [2.05, 4.69) is 0 Å². The third-order valence-corrected chi connectivity index (χ3v) is 6.51. The van der Waals surface area contributed by atoms with Gasteiger partial charge in [-0.2, -0.15) is 0 Å². The van der Waals surface area contributed by atoms with Gasteiger partial charge in [0.15, 0.2) is 17.3 Å². The monoisotopic (exact) mass is 550 g/mol. The van der Waals surface area contributed by atoms with Gasteiger partial charge in [-0.05, 0) is 44.9 Å². The van der Waals surface area contributed by atoms with Gasteiger partial charge in [-0.15, -0.1) is 0 Å². The molecule has 1 aliphatic heterocycles. The van der Waals surface area contributed by atoms with Crippen molar-refractivity contribution in [2.75, 3.05) is 6.61 Å². The summed E-state index contributed by atoms with van der Waals surface area (Å²) in [5.41, 5.74) is -2.53. The van der Waals surface area contributed by atoms with Gasteiger partial charge in [-0.25, -0.2) is 0 Å². The van der Waals surface area contributed by atoms with Gasteiger partial charge in [0.2, 0.25) is 17.5 Å². The molecule has 9 N–H and O–H groups in total. The van der Waals surface area contributed by atoms with E-state index in [-0.39, 0.29) is 35.3 Å². The second-order valence-corrected chi connectivity index (χ2v) is 10.0. The van der Waals surface area contributed by atoms with Crippen molar-refractivity contribution >= 4 is 11.0 Å². The maximum Gasteiger partial charge on any atom is 0.238 e. The Bertz CT molecular complexity index is 1420. The number of hydrogen-bond acceptors (Lipinski definition) is 13. The second-order valence-electron chi connectivity index (χ2n) is 10.0. The lowest BCUT2D eigenvalue weighted by Crippen LogP contribution is -2.60. The van der Waals surface area contributed by atoms with Crippen molar-refractivity contribution in [2.45, 2.75) is 63.0 Å². The predicted octanol–water partition coefficient (Wildman–Crippen LogP) is 0.165. The average Bonchev–Trinajstić information content (AvgIpc) is 2.87. The van der Waals surface area contributed by atoms with E-state index in [0.717, 1.165) is 12.1 Å². The van der Waals surface area contributed by atoms with E-state index in [1.54, 1.807) is 0 Å². The molecule has 0 spiro atoms. The summed E-state index contributed by atoms with van der Waals surface area (Å²) < 4.78 is 16.9. The molecule has 0 bridgehead atoms. The molecule has 212 valence electrons. The molecule has 1 aliphatic rings. The highest BCUT2D eigenvalue weighted by atomic mass is 16.7. The lowest BCUT2D eigenvalue weighted by atomic mass is 9.96. The zero-order valence-corrected chi connectivity index (χ0v) is 21.0. The number of aromatic hydroxyl groups is 4. The van der Waals surface area contributed by atoms with Gasteiger partial charge in [0.1, 0.15) is 46.9 Å². The Morgan fingerprint density at radius 3 is 2.26 bits per heavy atom. The summed E-state index contributed by atoms with van der Waals surface area (Å²) in [6.45, 7) is 2.32. The van der Waals surface area contributed by atoms with Crippen molar-refractivity contribution in [2.24, 2.45) is 0 Å². The minimum absolute atomic E-state index is 0.0174. The van der Waals surface area contributed by atoms with Crippen LogP contribution in [-0.4, -0.2) is 88.9 Å². The second kappa shape index (κ2) is 10.5. The van der Waals surface area contributed by atoms with Crippen LogP contribution in [0.15, 0.2) is 33.5 Å². The Morgan fingerprint density at radius 1 is 0.949 bits per heavy atom. The van der Waals surface area contributed by atoms with E-state index >= 15 is 0 Å². The molecule has 4 rings (SSSR count). The highest BCUT2D eigenvalue weighted by molar-refractivity contribution is 5.90. The Kier molecular flexibility index (Phi) is 7.67. The number of fused-ring (bicyclic) bond motifs is 1. The van der Waals surface area contributed by atoms with Crippen molar-refractivity contribution < 1.29 is 59.8 Å². The fourth-order valence-corrected chi connectivity index (χ4v) is 4.27. The fraction of sp³-hybridized carbons (Fsp3) is 0.423. The van der Waals surface area contributed by atoms with Crippen LogP contribution in [0, 0.1) is 0 Å². The van der Waals surface area contributed by atoms with E-state index in [1.165, 1.54) is 26.0 Å². The highest BCUT2D eigenvalue weighted by Gasteiger charge is 2.45. The minimum atomic E-state index is -1.79. The predicted molar refractivity (Wildman–Crippen MR) is 134 cm³/mol. The van der Waals surface area contributed by atoms with Crippen LogP contribution in [0.2, 0.25) is 0 Å². The number of ether oxygens (including phenoxy) is 2. The van der Waals surface area contributed by atoms with E-state index in [0.29, 0.717) is 0 Å². The Labute approximate surface area is 221 Å². The summed E-state index contributed by atoms with van der Waals surface area (Å²) in [7, 11) is 0. The van der Waals surface area contributed by atoms with E-state index in [4.69, 9.17) is 13.9 Å².